The van der Waals surface area contributed by atoms with Crippen LogP contribution in [-0.2, 0) is 29.2 Å². The van der Waals surface area contributed by atoms with Crippen molar-refractivity contribution in [3.8, 4) is 0 Å². The zero-order chi connectivity index (χ0) is 25.3. The Labute approximate surface area is 200 Å². The molecule has 2 aromatic rings. The Morgan fingerprint density at radius 3 is 2.11 bits per heavy atom. The number of halogens is 6. The number of ether oxygens (including phenoxy) is 1. The first-order valence-electron chi connectivity index (χ1n) is 11.6. The molecule has 0 unspecified atom stereocenters. The highest BCUT2D eigenvalue weighted by Gasteiger charge is 2.39. The highest BCUT2D eigenvalue weighted by molar-refractivity contribution is 5.33. The molecule has 2 aromatic carbocycles. The number of benzene rings is 2. The summed E-state index contributed by atoms with van der Waals surface area (Å²) in [6.45, 7) is 4.47. The van der Waals surface area contributed by atoms with Crippen molar-refractivity contribution in [2.45, 2.75) is 56.2 Å². The van der Waals surface area contributed by atoms with Crippen LogP contribution in [0.1, 0.15) is 47.9 Å². The summed E-state index contributed by atoms with van der Waals surface area (Å²) in [5.74, 6) is 0.535. The fourth-order valence-corrected chi connectivity index (χ4v) is 4.52. The van der Waals surface area contributed by atoms with E-state index in [2.05, 4.69) is 17.2 Å². The lowest BCUT2D eigenvalue weighted by molar-refractivity contribution is -0.143. The van der Waals surface area contributed by atoms with E-state index in [4.69, 9.17) is 4.74 Å². The molecule has 35 heavy (non-hydrogen) atoms. The largest absolute Gasteiger partial charge is 0.416 e. The average Bonchev–Trinajstić information content (AvgIpc) is 3.65. The van der Waals surface area contributed by atoms with Gasteiger partial charge in [-0.3, -0.25) is 0 Å². The lowest BCUT2D eigenvalue weighted by Crippen LogP contribution is -2.56. The SMILES string of the molecule is C=C(N[C@H]1CC[C@@](COCc2cc(C(F)(F)F)cc(C(F)(F)F)c2)(c2ccccc2)NC1)C1CC1. The summed E-state index contributed by atoms with van der Waals surface area (Å²) < 4.78 is 84.9. The van der Waals surface area contributed by atoms with Crippen molar-refractivity contribution in [2.24, 2.45) is 5.92 Å². The summed E-state index contributed by atoms with van der Waals surface area (Å²) in [5, 5.41) is 7.01. The van der Waals surface area contributed by atoms with Crippen molar-refractivity contribution in [2.75, 3.05) is 13.2 Å². The number of piperidine rings is 1. The minimum Gasteiger partial charge on any atom is -0.385 e. The molecular weight excluding hydrogens is 470 g/mol. The van der Waals surface area contributed by atoms with Crippen LogP contribution in [0.15, 0.2) is 60.8 Å². The second-order valence-corrected chi connectivity index (χ2v) is 9.42. The molecule has 1 aliphatic carbocycles. The van der Waals surface area contributed by atoms with E-state index in [1.165, 1.54) is 0 Å². The Kier molecular flexibility index (Phi) is 7.20. The van der Waals surface area contributed by atoms with Gasteiger partial charge in [-0.1, -0.05) is 36.9 Å². The Morgan fingerprint density at radius 2 is 1.60 bits per heavy atom. The maximum absolute atomic E-state index is 13.2. The smallest absolute Gasteiger partial charge is 0.385 e. The molecule has 9 heteroatoms. The van der Waals surface area contributed by atoms with Crippen LogP contribution in [0.25, 0.3) is 0 Å². The molecule has 1 saturated heterocycles. The van der Waals surface area contributed by atoms with Crippen LogP contribution in [0.5, 0.6) is 0 Å². The van der Waals surface area contributed by atoms with Gasteiger partial charge in [0.25, 0.3) is 0 Å². The first-order valence-corrected chi connectivity index (χ1v) is 11.6. The molecule has 2 N–H and O–H groups in total. The van der Waals surface area contributed by atoms with Crippen molar-refractivity contribution in [3.63, 3.8) is 0 Å². The summed E-state index contributed by atoms with van der Waals surface area (Å²) in [5.41, 5.74) is -1.46. The zero-order valence-electron chi connectivity index (χ0n) is 19.1. The predicted octanol–water partition coefficient (Wildman–Crippen LogP) is 6.40. The van der Waals surface area contributed by atoms with Gasteiger partial charge in [0.2, 0.25) is 0 Å². The third-order valence-corrected chi connectivity index (χ3v) is 6.66. The van der Waals surface area contributed by atoms with Crippen molar-refractivity contribution in [3.05, 3.63) is 83.1 Å². The lowest BCUT2D eigenvalue weighted by atomic mass is 9.81. The Morgan fingerprint density at radius 1 is 0.971 bits per heavy atom. The van der Waals surface area contributed by atoms with E-state index in [1.807, 2.05) is 30.3 Å². The van der Waals surface area contributed by atoms with E-state index in [0.717, 1.165) is 30.5 Å². The molecule has 1 heterocycles. The van der Waals surface area contributed by atoms with Gasteiger partial charge >= 0.3 is 12.4 Å². The van der Waals surface area contributed by atoms with Crippen molar-refractivity contribution in [1.82, 2.24) is 10.6 Å². The van der Waals surface area contributed by atoms with E-state index in [0.29, 0.717) is 31.0 Å². The first kappa shape index (κ1) is 25.6. The summed E-state index contributed by atoms with van der Waals surface area (Å²) in [6, 6.07) is 11.3. The zero-order valence-corrected chi connectivity index (χ0v) is 19.1. The summed E-state index contributed by atoms with van der Waals surface area (Å²) in [7, 11) is 0. The number of alkyl halides is 6. The third kappa shape index (κ3) is 6.38. The number of allylic oxidation sites excluding steroid dienone is 1. The Hall–Kier alpha value is -2.52. The van der Waals surface area contributed by atoms with Gasteiger partial charge in [-0.15, -0.1) is 0 Å². The highest BCUT2D eigenvalue weighted by atomic mass is 19.4. The average molecular weight is 499 g/mol. The van der Waals surface area contributed by atoms with Crippen LogP contribution in [-0.4, -0.2) is 19.2 Å². The van der Waals surface area contributed by atoms with E-state index in [1.54, 1.807) is 0 Å². The molecule has 0 aromatic heterocycles. The molecule has 0 spiro atoms. The van der Waals surface area contributed by atoms with Gasteiger partial charge in [0, 0.05) is 18.3 Å². The van der Waals surface area contributed by atoms with Gasteiger partial charge in [0.05, 0.1) is 29.9 Å². The molecule has 2 atom stereocenters. The van der Waals surface area contributed by atoms with Gasteiger partial charge in [0.1, 0.15) is 0 Å². The van der Waals surface area contributed by atoms with Crippen LogP contribution in [0.3, 0.4) is 0 Å². The molecule has 2 aliphatic rings. The summed E-state index contributed by atoms with van der Waals surface area (Å²) in [6.07, 6.45) is -5.97. The number of nitrogens with one attached hydrogen (secondary N) is 2. The van der Waals surface area contributed by atoms with Crippen LogP contribution in [0.2, 0.25) is 0 Å². The van der Waals surface area contributed by atoms with E-state index < -0.39 is 29.0 Å². The molecule has 4 rings (SSSR count). The van der Waals surface area contributed by atoms with Crippen LogP contribution < -0.4 is 10.6 Å². The summed E-state index contributed by atoms with van der Waals surface area (Å²) >= 11 is 0. The topological polar surface area (TPSA) is 33.3 Å². The van der Waals surface area contributed by atoms with Gasteiger partial charge in [-0.25, -0.2) is 0 Å². The molecule has 2 fully saturated rings. The molecular formula is C26H28F6N2O. The van der Waals surface area contributed by atoms with E-state index >= 15 is 0 Å². The second-order valence-electron chi connectivity index (χ2n) is 9.42. The van der Waals surface area contributed by atoms with Crippen molar-refractivity contribution >= 4 is 0 Å². The van der Waals surface area contributed by atoms with Crippen molar-refractivity contribution < 1.29 is 31.1 Å². The minimum absolute atomic E-state index is 0.102. The van der Waals surface area contributed by atoms with Gasteiger partial charge in [-0.2, -0.15) is 26.3 Å². The molecule has 3 nitrogen and oxygen atoms in total. The monoisotopic (exact) mass is 498 g/mol. The van der Waals surface area contributed by atoms with Crippen LogP contribution in [0, 0.1) is 5.92 Å². The van der Waals surface area contributed by atoms with Crippen LogP contribution >= 0.6 is 0 Å². The maximum Gasteiger partial charge on any atom is 0.416 e. The van der Waals surface area contributed by atoms with Crippen molar-refractivity contribution in [1.29, 1.82) is 0 Å². The maximum atomic E-state index is 13.2. The second kappa shape index (κ2) is 9.85. The molecule has 1 saturated carbocycles. The molecule has 0 amide bonds. The third-order valence-electron chi connectivity index (χ3n) is 6.66. The summed E-state index contributed by atoms with van der Waals surface area (Å²) in [4.78, 5) is 0. The number of hydrogen-bond donors (Lipinski definition) is 2. The number of rotatable bonds is 8. The first-order chi connectivity index (χ1) is 16.5. The molecule has 190 valence electrons. The minimum atomic E-state index is -4.89. The highest BCUT2D eigenvalue weighted by Crippen LogP contribution is 2.38. The molecule has 1 aliphatic heterocycles. The predicted molar refractivity (Wildman–Crippen MR) is 120 cm³/mol. The molecule has 0 radical (unpaired) electrons. The molecule has 0 bridgehead atoms. The van der Waals surface area contributed by atoms with Gasteiger partial charge < -0.3 is 15.4 Å². The standard InChI is InChI=1S/C26H28F6N2O/c1-17(19-7-8-19)34-23-9-10-24(33-14-23,20-5-3-2-4-6-20)16-35-15-18-11-21(25(27,28)29)13-22(12-18)26(30,31)32/h2-6,11-13,19,23,33-34H,1,7-10,14-16H2/t23-,24+/m0/s1. The fraction of sp³-hybridized carbons (Fsp3) is 0.462. The van der Waals surface area contributed by atoms with Gasteiger partial charge in [-0.05, 0) is 60.9 Å². The van der Waals surface area contributed by atoms with Gasteiger partial charge in [0.15, 0.2) is 0 Å². The normalized spacial score (nSPS) is 23.2. The Bertz CT molecular complexity index is 990. The quantitative estimate of drug-likeness (QED) is 0.413. The van der Waals surface area contributed by atoms with E-state index in [9.17, 15) is 26.3 Å². The Balaban J connectivity index is 1.47. The fourth-order valence-electron chi connectivity index (χ4n) is 4.52. The van der Waals surface area contributed by atoms with E-state index in [-0.39, 0.29) is 30.9 Å². The number of hydrogen-bond acceptors (Lipinski definition) is 3. The van der Waals surface area contributed by atoms with Crippen LogP contribution in [0.4, 0.5) is 26.3 Å². The lowest BCUT2D eigenvalue weighted by Gasteiger charge is -2.42.